The van der Waals surface area contributed by atoms with Crippen molar-refractivity contribution < 1.29 is 53.8 Å². The van der Waals surface area contributed by atoms with Crippen LogP contribution >= 0.6 is 0 Å². The van der Waals surface area contributed by atoms with Crippen LogP contribution in [-0.2, 0) is 33.3 Å². The molecule has 0 aromatic heterocycles. The van der Waals surface area contributed by atoms with Gasteiger partial charge in [0.05, 0.1) is 6.61 Å². The van der Waals surface area contributed by atoms with Gasteiger partial charge in [-0.3, -0.25) is 9.59 Å². The van der Waals surface area contributed by atoms with Crippen LogP contribution in [0.5, 0.6) is 0 Å². The molecular formula is C53H88O11. The molecule has 1 fully saturated rings. The van der Waals surface area contributed by atoms with Gasteiger partial charge in [-0.05, 0) is 83.5 Å². The molecule has 6 atom stereocenters. The maximum Gasteiger partial charge on any atom is 0.335 e. The lowest BCUT2D eigenvalue weighted by atomic mass is 9.99. The molecule has 0 amide bonds. The van der Waals surface area contributed by atoms with E-state index in [0.29, 0.717) is 12.8 Å². The molecule has 4 N–H and O–H groups in total. The molecule has 1 heterocycles. The van der Waals surface area contributed by atoms with Crippen LogP contribution in [0, 0.1) is 0 Å². The highest BCUT2D eigenvalue weighted by Gasteiger charge is 2.47. The monoisotopic (exact) mass is 901 g/mol. The zero-order valence-electron chi connectivity index (χ0n) is 39.8. The van der Waals surface area contributed by atoms with Crippen LogP contribution in [0.4, 0.5) is 0 Å². The number of carboxylic acids is 1. The van der Waals surface area contributed by atoms with E-state index in [0.717, 1.165) is 96.3 Å². The number of unbranched alkanes of at least 4 members (excludes halogenated alkanes) is 18. The first-order valence-corrected chi connectivity index (χ1v) is 25.0. The fourth-order valence-electron chi connectivity index (χ4n) is 7.14. The third-order valence-electron chi connectivity index (χ3n) is 11.0. The molecule has 366 valence electrons. The van der Waals surface area contributed by atoms with Crippen molar-refractivity contribution >= 4 is 17.9 Å². The van der Waals surface area contributed by atoms with E-state index in [9.17, 15) is 34.8 Å². The summed E-state index contributed by atoms with van der Waals surface area (Å²) in [5, 5.41) is 39.9. The van der Waals surface area contributed by atoms with Crippen molar-refractivity contribution in [2.75, 3.05) is 13.2 Å². The van der Waals surface area contributed by atoms with Crippen molar-refractivity contribution in [2.24, 2.45) is 0 Å². The van der Waals surface area contributed by atoms with Crippen LogP contribution < -0.4 is 0 Å². The Morgan fingerprint density at radius 1 is 0.500 bits per heavy atom. The van der Waals surface area contributed by atoms with E-state index >= 15 is 0 Å². The predicted octanol–water partition coefficient (Wildman–Crippen LogP) is 11.6. The molecule has 0 aromatic carbocycles. The minimum Gasteiger partial charge on any atom is -0.479 e. The summed E-state index contributed by atoms with van der Waals surface area (Å²) in [6.07, 6.45) is 45.2. The second-order valence-electron chi connectivity index (χ2n) is 16.9. The molecule has 6 unspecified atom stereocenters. The Hall–Kier alpha value is -3.35. The van der Waals surface area contributed by atoms with Crippen LogP contribution in [0.3, 0.4) is 0 Å². The van der Waals surface area contributed by atoms with E-state index in [4.69, 9.17) is 18.9 Å². The van der Waals surface area contributed by atoms with Gasteiger partial charge in [0.1, 0.15) is 24.9 Å². The van der Waals surface area contributed by atoms with Crippen LogP contribution in [-0.4, -0.2) is 88.4 Å². The first kappa shape index (κ1) is 58.7. The Bertz CT molecular complexity index is 1340. The first-order valence-electron chi connectivity index (χ1n) is 25.0. The number of allylic oxidation sites excluding steroid dienone is 12. The summed E-state index contributed by atoms with van der Waals surface area (Å²) in [6.45, 7) is 3.66. The van der Waals surface area contributed by atoms with Crippen molar-refractivity contribution in [3.05, 3.63) is 72.9 Å². The summed E-state index contributed by atoms with van der Waals surface area (Å²) in [4.78, 5) is 36.9. The molecule has 11 heteroatoms. The maximum atomic E-state index is 12.8. The lowest BCUT2D eigenvalue weighted by Gasteiger charge is -2.38. The highest BCUT2D eigenvalue weighted by atomic mass is 16.7. The Balaban J connectivity index is 2.30. The van der Waals surface area contributed by atoms with Gasteiger partial charge in [0.15, 0.2) is 18.5 Å². The van der Waals surface area contributed by atoms with Crippen LogP contribution in [0.25, 0.3) is 0 Å². The summed E-state index contributed by atoms with van der Waals surface area (Å²) >= 11 is 0. The van der Waals surface area contributed by atoms with E-state index in [1.807, 2.05) is 0 Å². The lowest BCUT2D eigenvalue weighted by molar-refractivity contribution is -0.298. The van der Waals surface area contributed by atoms with Gasteiger partial charge in [0.25, 0.3) is 0 Å². The highest BCUT2D eigenvalue weighted by molar-refractivity contribution is 5.73. The highest BCUT2D eigenvalue weighted by Crippen LogP contribution is 2.23. The van der Waals surface area contributed by atoms with Gasteiger partial charge in [-0.1, -0.05) is 170 Å². The van der Waals surface area contributed by atoms with Crippen molar-refractivity contribution in [2.45, 2.75) is 230 Å². The zero-order valence-corrected chi connectivity index (χ0v) is 39.8. The predicted molar refractivity (Wildman–Crippen MR) is 257 cm³/mol. The lowest BCUT2D eigenvalue weighted by Crippen LogP contribution is -2.60. The number of carbonyl (C=O) groups is 3. The summed E-state index contributed by atoms with van der Waals surface area (Å²) in [5.74, 6) is -2.47. The third kappa shape index (κ3) is 33.2. The third-order valence-corrected chi connectivity index (χ3v) is 11.0. The number of aliphatic hydroxyl groups excluding tert-OH is 3. The summed E-state index contributed by atoms with van der Waals surface area (Å²) in [7, 11) is 0. The number of hydrogen-bond donors (Lipinski definition) is 4. The van der Waals surface area contributed by atoms with Gasteiger partial charge in [0.2, 0.25) is 0 Å². The van der Waals surface area contributed by atoms with Gasteiger partial charge in [-0.25, -0.2) is 4.79 Å². The van der Waals surface area contributed by atoms with E-state index in [2.05, 4.69) is 86.8 Å². The summed E-state index contributed by atoms with van der Waals surface area (Å²) in [5.41, 5.74) is 0. The molecule has 1 aliphatic rings. The average Bonchev–Trinajstić information content (AvgIpc) is 3.28. The number of esters is 2. The molecule has 11 nitrogen and oxygen atoms in total. The number of hydrogen-bond acceptors (Lipinski definition) is 10. The molecule has 0 aliphatic carbocycles. The van der Waals surface area contributed by atoms with Gasteiger partial charge in [0, 0.05) is 12.8 Å². The molecule has 0 spiro atoms. The molecule has 1 rings (SSSR count). The molecule has 0 radical (unpaired) electrons. The molecule has 64 heavy (non-hydrogen) atoms. The van der Waals surface area contributed by atoms with Crippen LogP contribution in [0.15, 0.2) is 72.9 Å². The normalized spacial score (nSPS) is 19.9. The van der Waals surface area contributed by atoms with E-state index in [1.165, 1.54) is 57.8 Å². The minimum atomic E-state index is -1.87. The molecule has 0 saturated carbocycles. The number of carbonyl (C=O) groups excluding carboxylic acids is 2. The Kier molecular flexibility index (Phi) is 38.8. The standard InChI is InChI=1S/C53H88O11/c1-3-5-7-9-11-13-15-17-19-20-21-22-23-24-25-26-28-29-31-33-35-37-39-41-46(54)61-43-45(44-62-53-50(58)48(56)49(57)51(64-53)52(59)60)63-47(55)42-40-38-36-34-32-30-27-18-16-14-12-10-8-6-4-2/h5,7,11-14,17-19,21-22,27,45,48-51,53,56-58H,3-4,6,8-10,15-16,20,23-26,28-44H2,1-2H3,(H,59,60)/b7-5-,13-11-,14-12-,19-17-,22-21-,27-18-. The fraction of sp³-hybridized carbons (Fsp3) is 0.717. The smallest absolute Gasteiger partial charge is 0.335 e. The minimum absolute atomic E-state index is 0.163. The number of rotatable bonds is 41. The van der Waals surface area contributed by atoms with Crippen LogP contribution in [0.1, 0.15) is 194 Å². The van der Waals surface area contributed by atoms with Crippen LogP contribution in [0.2, 0.25) is 0 Å². The number of aliphatic hydroxyl groups is 3. The van der Waals surface area contributed by atoms with E-state index < -0.39 is 61.3 Å². The molecule has 1 aliphatic heterocycles. The van der Waals surface area contributed by atoms with Gasteiger partial charge in [-0.2, -0.15) is 0 Å². The van der Waals surface area contributed by atoms with Crippen molar-refractivity contribution in [3.63, 3.8) is 0 Å². The zero-order chi connectivity index (χ0) is 46.7. The number of ether oxygens (including phenoxy) is 4. The van der Waals surface area contributed by atoms with Gasteiger partial charge < -0.3 is 39.4 Å². The number of aliphatic carboxylic acids is 1. The average molecular weight is 901 g/mol. The topological polar surface area (TPSA) is 169 Å². The van der Waals surface area contributed by atoms with Crippen molar-refractivity contribution in [1.82, 2.24) is 0 Å². The van der Waals surface area contributed by atoms with Crippen molar-refractivity contribution in [3.8, 4) is 0 Å². The first-order chi connectivity index (χ1) is 31.2. The quantitative estimate of drug-likeness (QED) is 0.0262. The maximum absolute atomic E-state index is 12.8. The Morgan fingerprint density at radius 2 is 0.922 bits per heavy atom. The van der Waals surface area contributed by atoms with Crippen molar-refractivity contribution in [1.29, 1.82) is 0 Å². The number of carboxylic acid groups (broad SMARTS) is 1. The Labute approximate surface area is 387 Å². The van der Waals surface area contributed by atoms with Gasteiger partial charge in [-0.15, -0.1) is 0 Å². The Morgan fingerprint density at radius 3 is 1.39 bits per heavy atom. The second kappa shape index (κ2) is 42.3. The van der Waals surface area contributed by atoms with E-state index in [-0.39, 0.29) is 19.4 Å². The second-order valence-corrected chi connectivity index (χ2v) is 16.9. The fourth-order valence-corrected chi connectivity index (χ4v) is 7.14. The summed E-state index contributed by atoms with van der Waals surface area (Å²) in [6, 6.07) is 0. The molecule has 0 aromatic rings. The van der Waals surface area contributed by atoms with E-state index in [1.54, 1.807) is 0 Å². The molecule has 1 saturated heterocycles. The molecular weight excluding hydrogens is 813 g/mol. The molecule has 0 bridgehead atoms. The summed E-state index contributed by atoms with van der Waals surface area (Å²) < 4.78 is 21.8. The van der Waals surface area contributed by atoms with Gasteiger partial charge >= 0.3 is 17.9 Å². The SMILES string of the molecule is CC/C=C\C/C=C\C/C=C\C/C=C\CCCCCCCCCCCCC(=O)OCC(COC1OC(C(=O)O)C(O)C(O)C1O)OC(=O)CCCCCCC/C=C\C/C=C\CCCCC. The largest absolute Gasteiger partial charge is 0.479 e.